The van der Waals surface area contributed by atoms with Crippen molar-refractivity contribution >= 4 is 187 Å². The summed E-state index contributed by atoms with van der Waals surface area (Å²) >= 11 is 52.4. The minimum absolute atomic E-state index is 0.00121. The van der Waals surface area contributed by atoms with Gasteiger partial charge in [0.2, 0.25) is 53.2 Å². The lowest BCUT2D eigenvalue weighted by atomic mass is 9.93. The first-order valence-corrected chi connectivity index (χ1v) is 50.4. The first-order valence-electron chi connectivity index (χ1n) is 46.8. The molecule has 0 bridgehead atoms. The molecule has 0 N–H and O–H groups in total. The summed E-state index contributed by atoms with van der Waals surface area (Å²) in [5.41, 5.74) is 1.58. The second-order valence-electron chi connectivity index (χ2n) is 40.7. The molecule has 0 radical (unpaired) electrons. The Balaban J connectivity index is 0.000000788. The van der Waals surface area contributed by atoms with Gasteiger partial charge < -0.3 is 67.9 Å². The van der Waals surface area contributed by atoms with Crippen LogP contribution in [0.5, 0.6) is 0 Å². The zero-order chi connectivity index (χ0) is 105. The van der Waals surface area contributed by atoms with Gasteiger partial charge in [-0.05, 0) is 147 Å². The minimum Gasteiger partial charge on any atom is -0.332 e. The topological polar surface area (TPSA) is 288 Å². The van der Waals surface area contributed by atoms with Gasteiger partial charge in [-0.15, -0.1) is 46.4 Å². The summed E-state index contributed by atoms with van der Waals surface area (Å²) in [6, 6.07) is -3.70. The van der Waals surface area contributed by atoms with Crippen molar-refractivity contribution in [2.75, 3.05) is 84.6 Å². The zero-order valence-electron chi connectivity index (χ0n) is 87.5. The van der Waals surface area contributed by atoms with Crippen LogP contribution in [-0.4, -0.2) is 291 Å². The Kier molecular flexibility index (Phi) is 52.8. The van der Waals surface area contributed by atoms with Gasteiger partial charge in [0.25, 0.3) is 28.8 Å². The number of hydrogen-bond donors (Lipinski definition) is 0. The first kappa shape index (κ1) is 127. The average molecular weight is 2080 g/mol. The fourth-order valence-corrected chi connectivity index (χ4v) is 16.7. The van der Waals surface area contributed by atoms with E-state index in [4.69, 9.17) is 104 Å². The van der Waals surface area contributed by atoms with Crippen molar-refractivity contribution in [2.45, 2.75) is 292 Å². The Morgan fingerprint density at radius 2 is 0.474 bits per heavy atom. The second-order valence-corrected chi connectivity index (χ2v) is 46.4. The van der Waals surface area contributed by atoms with Gasteiger partial charge in [-0.3, -0.25) is 67.1 Å². The van der Waals surface area contributed by atoms with Gasteiger partial charge in [0, 0.05) is 105 Å². The van der Waals surface area contributed by atoms with Gasteiger partial charge >= 0.3 is 0 Å². The molecule has 0 saturated carbocycles. The highest BCUT2D eigenvalue weighted by Crippen LogP contribution is 2.40. The summed E-state index contributed by atoms with van der Waals surface area (Å²) in [5, 5.41) is 0.914. The molecule has 1 aromatic rings. The summed E-state index contributed by atoms with van der Waals surface area (Å²) in [4.78, 5) is 191. The monoisotopic (exact) mass is 2070 g/mol. The van der Waals surface area contributed by atoms with Crippen molar-refractivity contribution < 1.29 is 57.5 Å². The molecule has 1 aromatic heterocycles. The molecule has 0 spiro atoms. The van der Waals surface area contributed by atoms with E-state index in [-0.39, 0.29) is 158 Å². The van der Waals surface area contributed by atoms with Gasteiger partial charge in [0.15, 0.2) is 3.79 Å². The van der Waals surface area contributed by atoms with Crippen LogP contribution in [0.25, 0.3) is 12.2 Å². The number of allylic oxidation sites excluding steroid dienone is 4. The van der Waals surface area contributed by atoms with Crippen molar-refractivity contribution in [2.24, 2.45) is 91.0 Å². The highest BCUT2D eigenvalue weighted by Gasteiger charge is 2.49. The first-order chi connectivity index (χ1) is 61.7. The van der Waals surface area contributed by atoms with Crippen LogP contribution in [-0.2, 0) is 71.6 Å². The van der Waals surface area contributed by atoms with E-state index in [2.05, 4.69) is 27.7 Å². The van der Waals surface area contributed by atoms with Crippen molar-refractivity contribution in [3.8, 4) is 0 Å². The summed E-state index contributed by atoms with van der Waals surface area (Å²) in [7, 11) is 23.5. The molecule has 7 rings (SSSR count). The summed E-state index contributed by atoms with van der Waals surface area (Å²) < 4.78 is 1.52. The van der Waals surface area contributed by atoms with E-state index in [0.29, 0.717) is 121 Å². The molecule has 0 aromatic carbocycles. The van der Waals surface area contributed by atoms with Crippen molar-refractivity contribution in [1.82, 2.24) is 67.9 Å². The molecule has 7 heterocycles. The normalized spacial score (nSPS) is 23.1. The lowest BCUT2D eigenvalue weighted by Crippen LogP contribution is -2.63. The van der Waals surface area contributed by atoms with E-state index in [1.807, 2.05) is 149 Å². The molecule has 28 nitrogen and oxygen atoms in total. The third kappa shape index (κ3) is 36.3. The number of likely N-dealkylation sites (N-methyl/N-ethyl adjacent to an activating group) is 12. The number of carbonyl (C=O) groups excluding carboxylic acids is 12. The fraction of sp³-hybridized carbons (Fsp3) is 0.735. The third-order valence-corrected chi connectivity index (χ3v) is 27.7. The van der Waals surface area contributed by atoms with Gasteiger partial charge in [0.1, 0.15) is 96.3 Å². The maximum atomic E-state index is 12.5. The number of rotatable bonds is 25. The highest BCUT2D eigenvalue weighted by molar-refractivity contribution is 6.67. The van der Waals surface area contributed by atoms with Gasteiger partial charge in [0.05, 0.1) is 0 Å². The molecule has 12 atom stereocenters. The molecule has 770 valence electrons. The van der Waals surface area contributed by atoms with Crippen LogP contribution in [0.2, 0.25) is 0 Å². The molecule has 6 fully saturated rings. The number of hydrogen-bond acceptors (Lipinski definition) is 14. The number of carbonyl (C=O) groups is 12. The van der Waals surface area contributed by atoms with Crippen LogP contribution in [0.15, 0.2) is 55.0 Å². The molecule has 37 heteroatoms. The van der Waals surface area contributed by atoms with Crippen LogP contribution < -0.4 is 21.8 Å². The van der Waals surface area contributed by atoms with E-state index in [1.165, 1.54) is 44.6 Å². The van der Waals surface area contributed by atoms with Crippen LogP contribution in [0.1, 0.15) is 224 Å². The Hall–Kier alpha value is -6.37. The van der Waals surface area contributed by atoms with Crippen LogP contribution in [0.3, 0.4) is 0 Å². The van der Waals surface area contributed by atoms with Gasteiger partial charge in [-0.25, -0.2) is 0 Å². The smallest absolute Gasteiger partial charge is 0.274 e. The Morgan fingerprint density at radius 3 is 0.667 bits per heavy atom. The molecule has 6 aliphatic heterocycles. The van der Waals surface area contributed by atoms with E-state index in [1.54, 1.807) is 142 Å². The van der Waals surface area contributed by atoms with Gasteiger partial charge in [-0.2, -0.15) is 0 Å². The quantitative estimate of drug-likeness (QED) is 0.0650. The molecular formula is C98H161Cl9N14O14. The lowest BCUT2D eigenvalue weighted by Gasteiger charge is -2.43. The Morgan fingerprint density at radius 1 is 0.281 bits per heavy atom. The molecule has 6 saturated heterocycles. The molecule has 12 amide bonds. The van der Waals surface area contributed by atoms with Crippen molar-refractivity contribution in [3.63, 3.8) is 0 Å². The Labute approximate surface area is 851 Å². The summed E-state index contributed by atoms with van der Waals surface area (Å²) in [6.07, 6.45) is 14.3. The zero-order valence-corrected chi connectivity index (χ0v) is 94.3. The fourth-order valence-electron chi connectivity index (χ4n) is 15.9. The Bertz CT molecular complexity index is 4420. The van der Waals surface area contributed by atoms with Crippen LogP contribution in [0, 0.1) is 76.9 Å². The van der Waals surface area contributed by atoms with E-state index < -0.39 is 43.7 Å². The predicted molar refractivity (Wildman–Crippen MR) is 550 cm³/mol. The number of aromatic nitrogens is 2. The van der Waals surface area contributed by atoms with E-state index in [0.717, 1.165) is 0 Å². The SMILES string of the molecule is CC(/C=C1/C(=O)N(C)C(CC(C)C)C(=O)N1C)=C(Cl)Cl.CC(C)/C=C1/C(=O)N(C)C(CC(C)C)C(=O)N1C.CC(C)/C=C1\C(=O)N(C)C(CC(C)C)C(=O)N1C.CC(C)/C=c1/c(=O)n(C)/c(=C\C(C)C)c(=O)n1C.CC(C)C[C@H]1C(=O)N(C)[C@@H](C[C@H](C)C(Cl)(Cl)Cl)C(=O)N1C.CC(C)C[C@H]1C(=O)N(C)[C@@H](C[C@H](C)C(Cl)Cl)C(=O)N1C.CC(C)C[C@H]1C(=O)N(C)[C@@H](C[C@H](C)C(Cl)Cl)C(=O)N1C. The molecular weight excluding hydrogens is 1920 g/mol. The predicted octanol–water partition coefficient (Wildman–Crippen LogP) is 14.8. The number of piperazine rings is 6. The van der Waals surface area contributed by atoms with Crippen molar-refractivity contribution in [3.05, 3.63) is 76.8 Å². The number of amides is 12. The molecule has 135 heavy (non-hydrogen) atoms. The van der Waals surface area contributed by atoms with Gasteiger partial charge in [-0.1, -0.05) is 242 Å². The maximum absolute atomic E-state index is 12.5. The van der Waals surface area contributed by atoms with E-state index in [9.17, 15) is 67.1 Å². The number of halogens is 9. The minimum atomic E-state index is -1.45. The lowest BCUT2D eigenvalue weighted by molar-refractivity contribution is -0.159. The molecule has 3 unspecified atom stereocenters. The highest BCUT2D eigenvalue weighted by atomic mass is 35.6. The number of alkyl halides is 7. The maximum Gasteiger partial charge on any atom is 0.274 e. The molecule has 0 aliphatic carbocycles. The summed E-state index contributed by atoms with van der Waals surface area (Å²) in [5.74, 6) is 2.09. The summed E-state index contributed by atoms with van der Waals surface area (Å²) in [6.45, 7) is 47.7. The second kappa shape index (κ2) is 56.3. The third-order valence-electron chi connectivity index (χ3n) is 24.3. The average Bonchev–Trinajstić information content (AvgIpc) is 0.780. The van der Waals surface area contributed by atoms with Crippen LogP contribution in [0.4, 0.5) is 0 Å². The number of nitrogens with zero attached hydrogens (tertiary/aromatic N) is 14. The standard InChI is InChI=1S/C14H23Cl3N2O2.2C14H24Cl2N2O2.C14H20Cl2N2O2.2C14H24N2O2.C14H22N2O2/c1-8(2)6-10-12(20)19(5)11(13(21)18(10)4)7-9(3)14(15,16)17;3*1-8(2)6-10-13(19)18(5)11(14(20)17(10)4)7-9(3)12(15)16;3*1-9(2)7-11-13(17)16(6)12(8-10(3)4)14(18)15(11)5/h8-11H,6-7H2,1-5H3;2*8-12H,6-7H2,1-5H3;7-8,10H,6H2,1-5H3;2*7,9-10,12H,8H2,1-6H3;7-10H,1-6H3/b;;;11-7-;11-7+;11-7-;11-7-,12-8-/t3*9-,10-,11-;;;;/m000..../s1. The van der Waals surface area contributed by atoms with E-state index >= 15 is 0 Å². The largest absolute Gasteiger partial charge is 0.332 e. The van der Waals surface area contributed by atoms with Crippen molar-refractivity contribution in [1.29, 1.82) is 0 Å². The van der Waals surface area contributed by atoms with Crippen LogP contribution >= 0.6 is 104 Å². The molecule has 6 aliphatic rings.